The van der Waals surface area contributed by atoms with E-state index in [2.05, 4.69) is 170 Å². The number of allylic oxidation sites excluding steroid dienone is 6. The molecule has 2 nitrogen and oxygen atoms in total. The van der Waals surface area contributed by atoms with Gasteiger partial charge in [-0.1, -0.05) is 134 Å². The SMILES string of the molecule is CC1CC=Cc2cccc(N(c3cccc4ccccc34)c3cccc4oc5c6c(c(C7=CC=CCC7c7ccccc7)cc5c34)CCC=C6)c21. The van der Waals surface area contributed by atoms with Gasteiger partial charge in [-0.05, 0) is 101 Å². The molecular formula is C49H39NO. The van der Waals surface area contributed by atoms with Gasteiger partial charge in [0.25, 0.3) is 0 Å². The first kappa shape index (κ1) is 30.0. The van der Waals surface area contributed by atoms with E-state index in [1.807, 2.05) is 0 Å². The third-order valence-electron chi connectivity index (χ3n) is 11.3. The standard InChI is InChI=1S/C49H39NO/c1-32-15-11-20-35-21-13-28-44(47(32)35)50(43-27-12-19-34-18-5-6-23-37(34)43)45-29-14-30-46-48(45)42-31-41(39-25-9-10-26-40(39)49(42)51-46)38-24-8-7-22-36(38)33-16-3-2-4-17-33/h2-8,10-14,16-21,23-24,26-32,36H,9,15,22,25H2,1H3. The molecule has 1 heterocycles. The largest absolute Gasteiger partial charge is 0.455 e. The maximum atomic E-state index is 6.97. The molecule has 0 spiro atoms. The Labute approximate surface area is 299 Å². The molecule has 7 aromatic rings. The van der Waals surface area contributed by atoms with E-state index in [-0.39, 0.29) is 0 Å². The van der Waals surface area contributed by atoms with Crippen LogP contribution in [-0.4, -0.2) is 0 Å². The molecule has 2 unspecified atom stereocenters. The van der Waals surface area contributed by atoms with Crippen molar-refractivity contribution in [3.8, 4) is 0 Å². The third-order valence-corrected chi connectivity index (χ3v) is 11.3. The molecule has 2 heteroatoms. The van der Waals surface area contributed by atoms with Gasteiger partial charge in [0.15, 0.2) is 0 Å². The highest BCUT2D eigenvalue weighted by atomic mass is 16.3. The Balaban J connectivity index is 1.29. The van der Waals surface area contributed by atoms with Crippen LogP contribution >= 0.6 is 0 Å². The number of fused-ring (bicyclic) bond motifs is 7. The van der Waals surface area contributed by atoms with Crippen LogP contribution < -0.4 is 4.90 Å². The number of rotatable bonds is 5. The smallest absolute Gasteiger partial charge is 0.143 e. The van der Waals surface area contributed by atoms with Crippen molar-refractivity contribution in [1.82, 2.24) is 0 Å². The van der Waals surface area contributed by atoms with Gasteiger partial charge in [-0.3, -0.25) is 0 Å². The van der Waals surface area contributed by atoms with Crippen molar-refractivity contribution in [2.45, 2.75) is 44.4 Å². The summed E-state index contributed by atoms with van der Waals surface area (Å²) < 4.78 is 6.97. The van der Waals surface area contributed by atoms with Gasteiger partial charge in [0.1, 0.15) is 11.2 Å². The summed E-state index contributed by atoms with van der Waals surface area (Å²) in [4.78, 5) is 2.53. The summed E-state index contributed by atoms with van der Waals surface area (Å²) in [7, 11) is 0. The molecule has 0 saturated heterocycles. The molecule has 0 radical (unpaired) electrons. The fourth-order valence-electron chi connectivity index (χ4n) is 8.99. The molecule has 0 aliphatic heterocycles. The summed E-state index contributed by atoms with van der Waals surface area (Å²) in [6.07, 6.45) is 20.2. The second kappa shape index (κ2) is 12.2. The predicted octanol–water partition coefficient (Wildman–Crippen LogP) is 13.8. The molecule has 51 heavy (non-hydrogen) atoms. The van der Waals surface area contributed by atoms with E-state index in [1.165, 1.54) is 66.5 Å². The molecule has 0 fully saturated rings. The summed E-state index contributed by atoms with van der Waals surface area (Å²) in [6, 6.07) is 42.4. The average molecular weight is 658 g/mol. The van der Waals surface area contributed by atoms with Crippen molar-refractivity contribution in [2.75, 3.05) is 4.90 Å². The van der Waals surface area contributed by atoms with Crippen LogP contribution in [-0.2, 0) is 6.42 Å². The molecule has 3 aliphatic carbocycles. The van der Waals surface area contributed by atoms with Crippen LogP contribution in [0.15, 0.2) is 150 Å². The number of benzene rings is 6. The second-order valence-corrected chi connectivity index (χ2v) is 14.3. The van der Waals surface area contributed by atoms with Gasteiger partial charge in [-0.15, -0.1) is 0 Å². The summed E-state index contributed by atoms with van der Waals surface area (Å²) in [5, 5.41) is 4.79. The van der Waals surface area contributed by atoms with Gasteiger partial charge < -0.3 is 9.32 Å². The van der Waals surface area contributed by atoms with Gasteiger partial charge in [0.2, 0.25) is 0 Å². The van der Waals surface area contributed by atoms with E-state index in [4.69, 9.17) is 4.42 Å². The molecule has 0 amide bonds. The highest BCUT2D eigenvalue weighted by Crippen LogP contribution is 2.51. The summed E-state index contributed by atoms with van der Waals surface area (Å²) in [6.45, 7) is 2.36. The Morgan fingerprint density at radius 3 is 2.43 bits per heavy atom. The zero-order chi connectivity index (χ0) is 33.9. The number of hydrogen-bond donors (Lipinski definition) is 0. The Hall–Kier alpha value is -5.86. The van der Waals surface area contributed by atoms with Crippen molar-refractivity contribution >= 4 is 67.5 Å². The first-order valence-electron chi connectivity index (χ1n) is 18.4. The maximum absolute atomic E-state index is 6.97. The third kappa shape index (κ3) is 4.85. The van der Waals surface area contributed by atoms with Crippen LogP contribution in [0.4, 0.5) is 17.1 Å². The Kier molecular flexibility index (Phi) is 7.16. The van der Waals surface area contributed by atoms with Crippen LogP contribution in [0.2, 0.25) is 0 Å². The molecule has 6 aromatic carbocycles. The van der Waals surface area contributed by atoms with E-state index < -0.39 is 0 Å². The summed E-state index contributed by atoms with van der Waals surface area (Å²) in [5.74, 6) is 0.697. The first-order valence-corrected chi connectivity index (χ1v) is 18.4. The fourth-order valence-corrected chi connectivity index (χ4v) is 8.99. The van der Waals surface area contributed by atoms with Crippen molar-refractivity contribution in [1.29, 1.82) is 0 Å². The maximum Gasteiger partial charge on any atom is 0.143 e. The fraction of sp³-hybridized carbons (Fsp3) is 0.143. The number of nitrogens with zero attached hydrogens (tertiary/aromatic N) is 1. The molecular weight excluding hydrogens is 619 g/mol. The lowest BCUT2D eigenvalue weighted by molar-refractivity contribution is 0.666. The van der Waals surface area contributed by atoms with Crippen molar-refractivity contribution in [2.24, 2.45) is 0 Å². The van der Waals surface area contributed by atoms with Gasteiger partial charge in [0.05, 0.1) is 22.4 Å². The number of anilines is 3. The molecule has 1 aromatic heterocycles. The summed E-state index contributed by atoms with van der Waals surface area (Å²) in [5.41, 5.74) is 14.9. The zero-order valence-corrected chi connectivity index (χ0v) is 28.8. The molecule has 0 N–H and O–H groups in total. The molecule has 3 aliphatic rings. The highest BCUT2D eigenvalue weighted by molar-refractivity contribution is 6.17. The molecule has 2 atom stereocenters. The van der Waals surface area contributed by atoms with Crippen LogP contribution in [0.5, 0.6) is 0 Å². The Morgan fingerprint density at radius 2 is 1.49 bits per heavy atom. The molecule has 10 rings (SSSR count). The van der Waals surface area contributed by atoms with Crippen LogP contribution in [0.25, 0.3) is 50.4 Å². The number of hydrogen-bond acceptors (Lipinski definition) is 2. The molecule has 0 saturated carbocycles. The Bertz CT molecular complexity index is 2610. The van der Waals surface area contributed by atoms with E-state index in [0.29, 0.717) is 11.8 Å². The highest BCUT2D eigenvalue weighted by Gasteiger charge is 2.29. The number of furan rings is 1. The van der Waals surface area contributed by atoms with Crippen LogP contribution in [0, 0.1) is 0 Å². The van der Waals surface area contributed by atoms with Gasteiger partial charge in [-0.25, -0.2) is 0 Å². The average Bonchev–Trinajstić information content (AvgIpc) is 3.58. The molecule has 246 valence electrons. The van der Waals surface area contributed by atoms with Gasteiger partial charge in [0, 0.05) is 22.3 Å². The summed E-state index contributed by atoms with van der Waals surface area (Å²) >= 11 is 0. The van der Waals surface area contributed by atoms with E-state index >= 15 is 0 Å². The lowest BCUT2D eigenvalue weighted by Crippen LogP contribution is -2.15. The van der Waals surface area contributed by atoms with Crippen LogP contribution in [0.1, 0.15) is 71.4 Å². The Morgan fingerprint density at radius 1 is 0.686 bits per heavy atom. The first-order chi connectivity index (χ1) is 25.2. The van der Waals surface area contributed by atoms with E-state index in [9.17, 15) is 0 Å². The zero-order valence-electron chi connectivity index (χ0n) is 28.8. The quantitative estimate of drug-likeness (QED) is 0.183. The van der Waals surface area contributed by atoms with E-state index in [0.717, 1.165) is 47.9 Å². The predicted molar refractivity (Wildman–Crippen MR) is 216 cm³/mol. The van der Waals surface area contributed by atoms with Crippen molar-refractivity contribution in [3.05, 3.63) is 179 Å². The van der Waals surface area contributed by atoms with Gasteiger partial charge >= 0.3 is 0 Å². The van der Waals surface area contributed by atoms with Crippen molar-refractivity contribution in [3.63, 3.8) is 0 Å². The van der Waals surface area contributed by atoms with Crippen molar-refractivity contribution < 1.29 is 4.42 Å². The van der Waals surface area contributed by atoms with E-state index in [1.54, 1.807) is 0 Å². The normalized spacial score (nSPS) is 17.9. The minimum atomic E-state index is 0.304. The molecule has 0 bridgehead atoms. The van der Waals surface area contributed by atoms with Gasteiger partial charge in [-0.2, -0.15) is 0 Å². The minimum Gasteiger partial charge on any atom is -0.455 e. The second-order valence-electron chi connectivity index (χ2n) is 14.3. The lowest BCUT2D eigenvalue weighted by Gasteiger charge is -2.32. The monoisotopic (exact) mass is 657 g/mol. The topological polar surface area (TPSA) is 16.4 Å². The lowest BCUT2D eigenvalue weighted by atomic mass is 9.78. The van der Waals surface area contributed by atoms with Crippen LogP contribution in [0.3, 0.4) is 0 Å². The minimum absolute atomic E-state index is 0.304.